The van der Waals surface area contributed by atoms with Gasteiger partial charge in [0.15, 0.2) is 0 Å². The molecular formula is C17H28N2O6. The number of unbranched alkanes of at least 4 members (excludes halogenated alkanes) is 1. The molecule has 2 amide bonds. The van der Waals surface area contributed by atoms with Crippen molar-refractivity contribution in [1.82, 2.24) is 10.4 Å². The molecule has 8 heteroatoms. The number of nitrogens with zero attached hydrogens (tertiary/aromatic N) is 1. The maximum absolute atomic E-state index is 12.8. The minimum Gasteiger partial charge on any atom is -0.458 e. The Balaban J connectivity index is 2.95. The summed E-state index contributed by atoms with van der Waals surface area (Å²) in [5.41, 5.74) is 0.603. The molecule has 0 aromatic carbocycles. The van der Waals surface area contributed by atoms with E-state index >= 15 is 0 Å². The third kappa shape index (κ3) is 5.81. The van der Waals surface area contributed by atoms with Crippen LogP contribution in [-0.4, -0.2) is 51.9 Å². The third-order valence-corrected chi connectivity index (χ3v) is 4.00. The molecule has 142 valence electrons. The number of hydroxylamine groups is 1. The van der Waals surface area contributed by atoms with Crippen molar-refractivity contribution in [2.75, 3.05) is 6.54 Å². The molecule has 0 saturated carbocycles. The molecule has 2 N–H and O–H groups in total. The zero-order valence-electron chi connectivity index (χ0n) is 15.3. The van der Waals surface area contributed by atoms with E-state index in [1.54, 1.807) is 20.8 Å². The van der Waals surface area contributed by atoms with Crippen LogP contribution in [0.3, 0.4) is 0 Å². The van der Waals surface area contributed by atoms with Crippen LogP contribution in [0, 0.1) is 5.92 Å². The number of ether oxygens (including phenoxy) is 1. The van der Waals surface area contributed by atoms with Gasteiger partial charge in [-0.25, -0.2) is 10.3 Å². The number of ketones is 1. The zero-order valence-corrected chi connectivity index (χ0v) is 15.3. The Kier molecular flexibility index (Phi) is 7.54. The largest absolute Gasteiger partial charge is 0.458 e. The molecule has 0 spiro atoms. The van der Waals surface area contributed by atoms with Gasteiger partial charge in [-0.3, -0.25) is 19.6 Å². The van der Waals surface area contributed by atoms with E-state index in [1.807, 2.05) is 6.92 Å². The molecule has 2 atom stereocenters. The van der Waals surface area contributed by atoms with E-state index in [9.17, 15) is 19.2 Å². The zero-order chi connectivity index (χ0) is 19.2. The number of likely N-dealkylation sites (tertiary alicyclic amines) is 1. The van der Waals surface area contributed by atoms with Gasteiger partial charge in [0.2, 0.25) is 11.7 Å². The lowest BCUT2D eigenvalue weighted by Gasteiger charge is -2.29. The van der Waals surface area contributed by atoms with Gasteiger partial charge in [-0.1, -0.05) is 19.8 Å². The van der Waals surface area contributed by atoms with Crippen molar-refractivity contribution in [2.45, 2.75) is 71.4 Å². The van der Waals surface area contributed by atoms with Crippen LogP contribution >= 0.6 is 0 Å². The molecule has 8 nitrogen and oxygen atoms in total. The Labute approximate surface area is 147 Å². The number of hydrogen-bond acceptors (Lipinski definition) is 6. The van der Waals surface area contributed by atoms with E-state index in [1.165, 1.54) is 10.4 Å². The first-order valence-corrected chi connectivity index (χ1v) is 8.64. The lowest BCUT2D eigenvalue weighted by Crippen LogP contribution is -2.49. The van der Waals surface area contributed by atoms with Crippen LogP contribution in [0.15, 0.2) is 0 Å². The predicted molar refractivity (Wildman–Crippen MR) is 88.5 cm³/mol. The maximum Gasteiger partial charge on any atom is 0.329 e. The number of carbonyl (C=O) groups excluding carboxylic acids is 4. The molecule has 1 aliphatic heterocycles. The fourth-order valence-electron chi connectivity index (χ4n) is 2.83. The molecule has 1 saturated heterocycles. The quantitative estimate of drug-likeness (QED) is 0.233. The van der Waals surface area contributed by atoms with Crippen molar-refractivity contribution in [3.05, 3.63) is 0 Å². The Bertz CT molecular complexity index is 526. The highest BCUT2D eigenvalue weighted by molar-refractivity contribution is 6.40. The van der Waals surface area contributed by atoms with Gasteiger partial charge >= 0.3 is 11.9 Å². The van der Waals surface area contributed by atoms with Gasteiger partial charge in [-0.05, 0) is 40.0 Å². The summed E-state index contributed by atoms with van der Waals surface area (Å²) in [4.78, 5) is 50.1. The number of esters is 1. The van der Waals surface area contributed by atoms with Crippen LogP contribution in [0.4, 0.5) is 0 Å². The summed E-state index contributed by atoms with van der Waals surface area (Å²) in [6, 6.07) is -0.749. The topological polar surface area (TPSA) is 113 Å². The van der Waals surface area contributed by atoms with Crippen LogP contribution in [0.2, 0.25) is 0 Å². The number of amides is 2. The van der Waals surface area contributed by atoms with Crippen LogP contribution in [-0.2, 0) is 23.9 Å². The summed E-state index contributed by atoms with van der Waals surface area (Å²) >= 11 is 0. The fraction of sp³-hybridized carbons (Fsp3) is 0.765. The number of carbonyl (C=O) groups is 4. The van der Waals surface area contributed by atoms with Gasteiger partial charge in [0.1, 0.15) is 17.6 Å². The van der Waals surface area contributed by atoms with Crippen LogP contribution in [0.5, 0.6) is 0 Å². The Morgan fingerprint density at radius 1 is 1.28 bits per heavy atom. The van der Waals surface area contributed by atoms with E-state index in [0.717, 1.165) is 6.42 Å². The molecule has 0 bridgehead atoms. The van der Waals surface area contributed by atoms with Gasteiger partial charge in [-0.15, -0.1) is 0 Å². The Morgan fingerprint density at radius 3 is 2.44 bits per heavy atom. The van der Waals surface area contributed by atoms with E-state index < -0.39 is 41.1 Å². The van der Waals surface area contributed by atoms with Crippen molar-refractivity contribution in [3.8, 4) is 0 Å². The summed E-state index contributed by atoms with van der Waals surface area (Å²) in [6.07, 6.45) is 2.59. The summed E-state index contributed by atoms with van der Waals surface area (Å²) in [5, 5.41) is 8.68. The first-order chi connectivity index (χ1) is 11.6. The SMILES string of the molecule is CCCC[C@H](C(=O)C(=O)NO)C(=O)N1CCC[C@H]1C(=O)OC(C)(C)C. The first-order valence-electron chi connectivity index (χ1n) is 8.64. The monoisotopic (exact) mass is 356 g/mol. The highest BCUT2D eigenvalue weighted by atomic mass is 16.6. The molecule has 0 aromatic rings. The van der Waals surface area contributed by atoms with E-state index in [4.69, 9.17) is 9.94 Å². The summed E-state index contributed by atoms with van der Waals surface area (Å²) in [5.74, 6) is -4.48. The molecule has 0 radical (unpaired) electrons. The number of Topliss-reactive ketones (excluding diaryl/α,β-unsaturated/α-hetero) is 1. The van der Waals surface area contributed by atoms with E-state index in [0.29, 0.717) is 25.8 Å². The first kappa shape index (κ1) is 21.1. The smallest absolute Gasteiger partial charge is 0.329 e. The van der Waals surface area contributed by atoms with Crippen LogP contribution in [0.1, 0.15) is 59.8 Å². The summed E-state index contributed by atoms with van der Waals surface area (Å²) in [7, 11) is 0. The number of nitrogens with one attached hydrogen (secondary N) is 1. The molecule has 0 unspecified atom stereocenters. The van der Waals surface area contributed by atoms with E-state index in [2.05, 4.69) is 0 Å². The van der Waals surface area contributed by atoms with Crippen molar-refractivity contribution in [3.63, 3.8) is 0 Å². The minimum atomic E-state index is -1.22. The minimum absolute atomic E-state index is 0.194. The highest BCUT2D eigenvalue weighted by Crippen LogP contribution is 2.25. The van der Waals surface area contributed by atoms with Gasteiger partial charge in [0, 0.05) is 6.54 Å². The molecule has 1 aliphatic rings. The fourth-order valence-corrected chi connectivity index (χ4v) is 2.83. The number of rotatable bonds is 7. The van der Waals surface area contributed by atoms with Crippen molar-refractivity contribution < 1.29 is 29.1 Å². The molecule has 1 fully saturated rings. The summed E-state index contributed by atoms with van der Waals surface area (Å²) in [6.45, 7) is 7.46. The molecule has 1 rings (SSSR count). The molecular weight excluding hydrogens is 328 g/mol. The van der Waals surface area contributed by atoms with Crippen molar-refractivity contribution in [1.29, 1.82) is 0 Å². The van der Waals surface area contributed by atoms with E-state index in [-0.39, 0.29) is 6.42 Å². The maximum atomic E-state index is 12.8. The molecule has 0 aliphatic carbocycles. The van der Waals surface area contributed by atoms with Crippen molar-refractivity contribution >= 4 is 23.6 Å². The average Bonchev–Trinajstić information content (AvgIpc) is 3.02. The second-order valence-electron chi connectivity index (χ2n) is 7.22. The van der Waals surface area contributed by atoms with Gasteiger partial charge < -0.3 is 9.64 Å². The Hall–Kier alpha value is -1.96. The molecule has 0 aromatic heterocycles. The standard InChI is InChI=1S/C17H28N2O6/c1-5-6-8-11(13(20)14(21)18-24)15(22)19-10-7-9-12(19)16(23)25-17(2,3)4/h11-12,24H,5-10H2,1-4H3,(H,18,21)/t11-,12+/m1/s1. The number of hydrogen-bond donors (Lipinski definition) is 2. The lowest BCUT2D eigenvalue weighted by molar-refractivity contribution is -0.165. The van der Waals surface area contributed by atoms with Gasteiger partial charge in [-0.2, -0.15) is 0 Å². The second kappa shape index (κ2) is 8.94. The average molecular weight is 356 g/mol. The predicted octanol–water partition coefficient (Wildman–Crippen LogP) is 1.20. The van der Waals surface area contributed by atoms with Crippen LogP contribution < -0.4 is 5.48 Å². The summed E-state index contributed by atoms with van der Waals surface area (Å²) < 4.78 is 5.35. The van der Waals surface area contributed by atoms with Gasteiger partial charge in [0.25, 0.3) is 0 Å². The lowest BCUT2D eigenvalue weighted by atomic mass is 9.95. The van der Waals surface area contributed by atoms with Gasteiger partial charge in [0.05, 0.1) is 0 Å². The van der Waals surface area contributed by atoms with Crippen molar-refractivity contribution in [2.24, 2.45) is 5.92 Å². The normalized spacial score (nSPS) is 18.6. The van der Waals surface area contributed by atoms with Crippen LogP contribution in [0.25, 0.3) is 0 Å². The second-order valence-corrected chi connectivity index (χ2v) is 7.22. The highest BCUT2D eigenvalue weighted by Gasteiger charge is 2.42. The Morgan fingerprint density at radius 2 is 1.92 bits per heavy atom. The molecule has 25 heavy (non-hydrogen) atoms. The third-order valence-electron chi connectivity index (χ3n) is 4.00. The molecule has 1 heterocycles.